The molecule has 0 atom stereocenters. The van der Waals surface area contributed by atoms with Crippen molar-refractivity contribution in [3.8, 4) is 0 Å². The number of ether oxygens (including phenoxy) is 2. The molecule has 212 valence electrons. The second-order valence-electron chi connectivity index (χ2n) is 11.2. The molecule has 0 saturated heterocycles. The quantitative estimate of drug-likeness (QED) is 0.165. The molecule has 0 aliphatic rings. The molecule has 0 saturated carbocycles. The number of methoxy groups -OCH3 is 2. The zero-order valence-electron chi connectivity index (χ0n) is 26.8. The standard InChI is InChI=1S/C31H39N2.C4H10O2.Li/c1-20(2)25-16-12-17-26(21(3)4)29(25)32-31(24-14-10-9-11-15-24)33-30-27(22(5)6)18-13-19-28(30)23(7)8;1-5-3-4-6-2;/h9-23H,1-8H3;3-4H2,1-2H3;/q-1;;+1/p+1. The average Bonchev–Trinajstić information content (AvgIpc) is 2.91. The van der Waals surface area contributed by atoms with Gasteiger partial charge in [-0.15, -0.1) is 0 Å². The van der Waals surface area contributed by atoms with Crippen molar-refractivity contribution in [3.05, 3.63) is 99.9 Å². The molecule has 40 heavy (non-hydrogen) atoms. The van der Waals surface area contributed by atoms with E-state index in [2.05, 4.69) is 137 Å². The molecule has 1 N–H and O–H groups in total. The van der Waals surface area contributed by atoms with Gasteiger partial charge >= 0.3 is 18.9 Å². The van der Waals surface area contributed by atoms with Gasteiger partial charge in [0.2, 0.25) is 0 Å². The van der Waals surface area contributed by atoms with Crippen LogP contribution >= 0.6 is 0 Å². The maximum atomic E-state index is 5.37. The van der Waals surface area contributed by atoms with Gasteiger partial charge in [-0.25, -0.2) is 5.32 Å². The first-order valence-corrected chi connectivity index (χ1v) is 14.3. The maximum absolute atomic E-state index is 5.37. The summed E-state index contributed by atoms with van der Waals surface area (Å²) in [7, 11) is 3.30. The molecule has 3 rings (SSSR count). The van der Waals surface area contributed by atoms with Gasteiger partial charge in [-0.1, -0.05) is 122 Å². The first kappa shape index (κ1) is 35.7. The van der Waals surface area contributed by atoms with Gasteiger partial charge in [-0.05, 0) is 45.9 Å². The predicted octanol–water partition coefficient (Wildman–Crippen LogP) is 5.33. The van der Waals surface area contributed by atoms with Gasteiger partial charge < -0.3 is 14.5 Å². The van der Waals surface area contributed by atoms with Gasteiger partial charge in [0.05, 0.1) is 18.9 Å². The van der Waals surface area contributed by atoms with Gasteiger partial charge in [0.15, 0.2) is 0 Å². The number of para-hydroxylation sites is 2. The van der Waals surface area contributed by atoms with Crippen LogP contribution in [-0.2, 0) is 9.47 Å². The summed E-state index contributed by atoms with van der Waals surface area (Å²) >= 11 is 0. The molecule has 0 aromatic heterocycles. The van der Waals surface area contributed by atoms with Crippen LogP contribution in [0.2, 0.25) is 0 Å². The molecule has 0 heterocycles. The summed E-state index contributed by atoms with van der Waals surface area (Å²) in [4.78, 5) is 3.83. The van der Waals surface area contributed by atoms with E-state index in [1.165, 1.54) is 27.9 Å². The van der Waals surface area contributed by atoms with Crippen LogP contribution in [0.5, 0.6) is 0 Å². The van der Waals surface area contributed by atoms with Crippen LogP contribution in [0.1, 0.15) is 107 Å². The molecule has 0 spiro atoms. The van der Waals surface area contributed by atoms with E-state index in [-0.39, 0.29) is 18.9 Å². The Kier molecular flexibility index (Phi) is 16.2. The normalized spacial score (nSPS) is 11.5. The summed E-state index contributed by atoms with van der Waals surface area (Å²) in [6.45, 7) is 19.4. The average molecular weight is 538 g/mol. The Bertz CT molecular complexity index is 1110. The van der Waals surface area contributed by atoms with E-state index in [0.29, 0.717) is 36.9 Å². The molecular weight excluding hydrogens is 487 g/mol. The summed E-state index contributed by atoms with van der Waals surface area (Å²) < 4.78 is 9.31. The number of benzene rings is 3. The minimum Gasteiger partial charge on any atom is -0.382 e. The van der Waals surface area contributed by atoms with E-state index in [0.717, 1.165) is 17.1 Å². The van der Waals surface area contributed by atoms with Crippen LogP contribution in [0.15, 0.2) is 66.7 Å². The van der Waals surface area contributed by atoms with Crippen molar-refractivity contribution in [2.75, 3.05) is 27.4 Å². The van der Waals surface area contributed by atoms with Crippen molar-refractivity contribution in [2.24, 2.45) is 0 Å². The smallest absolute Gasteiger partial charge is 0.382 e. The minimum absolute atomic E-state index is 0. The number of nitrogens with one attached hydrogen (secondary N) is 1. The van der Waals surface area contributed by atoms with E-state index in [9.17, 15) is 0 Å². The van der Waals surface area contributed by atoms with E-state index >= 15 is 0 Å². The van der Waals surface area contributed by atoms with Crippen molar-refractivity contribution in [3.63, 3.8) is 0 Å². The third kappa shape index (κ3) is 10.2. The molecule has 0 radical (unpaired) electrons. The topological polar surface area (TPSA) is 46.5 Å². The molecule has 0 aliphatic carbocycles. The van der Waals surface area contributed by atoms with Crippen LogP contribution < -0.4 is 23.9 Å². The van der Waals surface area contributed by atoms with Crippen molar-refractivity contribution < 1.29 is 33.3 Å². The number of rotatable bonds is 10. The Morgan fingerprint density at radius 1 is 0.600 bits per heavy atom. The van der Waals surface area contributed by atoms with Gasteiger partial charge in [-0.3, -0.25) is 0 Å². The Balaban J connectivity index is 0.00000103. The number of hydrogen-bond donors (Lipinski definition) is 1. The van der Waals surface area contributed by atoms with E-state index in [4.69, 9.17) is 5.32 Å². The van der Waals surface area contributed by atoms with Crippen LogP contribution in [0.4, 0.5) is 11.4 Å². The molecule has 0 aliphatic heterocycles. The fourth-order valence-corrected chi connectivity index (χ4v) is 4.49. The van der Waals surface area contributed by atoms with Crippen LogP contribution in [0.25, 0.3) is 5.32 Å². The van der Waals surface area contributed by atoms with E-state index in [1.54, 1.807) is 14.2 Å². The third-order valence-corrected chi connectivity index (χ3v) is 6.72. The molecular formula is C35H50LiN2O2+. The zero-order chi connectivity index (χ0) is 28.9. The van der Waals surface area contributed by atoms with Crippen LogP contribution in [-0.4, -0.2) is 33.3 Å². The minimum atomic E-state index is 0. The molecule has 0 fully saturated rings. The Hall–Kier alpha value is -2.35. The number of amidine groups is 1. The third-order valence-electron chi connectivity index (χ3n) is 6.72. The summed E-state index contributed by atoms with van der Waals surface area (Å²) in [5, 5.41) is 5.37. The van der Waals surface area contributed by atoms with E-state index in [1.807, 2.05) is 0 Å². The summed E-state index contributed by atoms with van der Waals surface area (Å²) in [5.41, 5.74) is 8.62. The van der Waals surface area contributed by atoms with Gasteiger partial charge in [-0.2, -0.15) is 0 Å². The number of nitrogens with zero attached hydrogens (tertiary/aromatic N) is 1. The van der Waals surface area contributed by atoms with Crippen molar-refractivity contribution >= 4 is 17.2 Å². The SMILES string of the molecule is CC(C)c1cccc(C(C)C)c1[N-]C(=[NH+]c1c(C(C)C)cccc1C(C)C)c1ccccc1.COCCOC.[Li+]. The monoisotopic (exact) mass is 537 g/mol. The summed E-state index contributed by atoms with van der Waals surface area (Å²) in [6, 6.07) is 23.8. The van der Waals surface area contributed by atoms with Gasteiger partial charge in [0.25, 0.3) is 0 Å². The fourth-order valence-electron chi connectivity index (χ4n) is 4.49. The maximum Gasteiger partial charge on any atom is 1.00 e. The van der Waals surface area contributed by atoms with Crippen LogP contribution in [0.3, 0.4) is 0 Å². The van der Waals surface area contributed by atoms with E-state index < -0.39 is 0 Å². The largest absolute Gasteiger partial charge is 1.00 e. The number of hydrogen-bond acceptors (Lipinski definition) is 2. The summed E-state index contributed by atoms with van der Waals surface area (Å²) in [6.07, 6.45) is 0. The van der Waals surface area contributed by atoms with Crippen molar-refractivity contribution in [1.82, 2.24) is 0 Å². The Morgan fingerprint density at radius 3 is 1.38 bits per heavy atom. The second kappa shape index (κ2) is 18.2. The summed E-state index contributed by atoms with van der Waals surface area (Å²) in [5.74, 6) is 2.53. The Labute approximate surface area is 256 Å². The van der Waals surface area contributed by atoms with Gasteiger partial charge in [0, 0.05) is 25.5 Å². The molecule has 3 aromatic carbocycles. The van der Waals surface area contributed by atoms with Crippen molar-refractivity contribution in [2.45, 2.75) is 79.1 Å². The first-order valence-electron chi connectivity index (χ1n) is 14.3. The molecule has 5 heteroatoms. The molecule has 0 amide bonds. The second-order valence-corrected chi connectivity index (χ2v) is 11.2. The zero-order valence-corrected chi connectivity index (χ0v) is 26.8. The molecule has 4 nitrogen and oxygen atoms in total. The molecule has 0 unspecified atom stereocenters. The predicted molar refractivity (Wildman–Crippen MR) is 167 cm³/mol. The molecule has 0 bridgehead atoms. The first-order chi connectivity index (χ1) is 18.6. The van der Waals surface area contributed by atoms with Gasteiger partial charge in [0.1, 0.15) is 5.84 Å². The molecule has 3 aromatic rings. The van der Waals surface area contributed by atoms with Crippen LogP contribution in [0, 0.1) is 0 Å². The fraction of sp³-hybridized carbons (Fsp3) is 0.457. The van der Waals surface area contributed by atoms with Crippen molar-refractivity contribution in [1.29, 1.82) is 0 Å². The Morgan fingerprint density at radius 2 is 1.00 bits per heavy atom.